The number of amides is 1. The number of carbonyl (C=O) groups is 1. The number of ether oxygens (including phenoxy) is 1. The van der Waals surface area contributed by atoms with Crippen LogP contribution < -0.4 is 5.32 Å². The molecule has 0 atom stereocenters. The highest BCUT2D eigenvalue weighted by Gasteiger charge is 2.23. The fraction of sp³-hybridized carbons (Fsp3) is 0.583. The summed E-state index contributed by atoms with van der Waals surface area (Å²) in [5.74, 6) is 0.683. The molecular formula is C12H17N3O2S2. The van der Waals surface area contributed by atoms with Crippen LogP contribution in [0.1, 0.15) is 17.7 Å². The van der Waals surface area contributed by atoms with Gasteiger partial charge >= 0.3 is 0 Å². The number of carbonyl (C=O) groups excluding carboxylic acids is 1. The number of thiazole rings is 1. The number of aliphatic imine (C=N–C) groups is 1. The van der Waals surface area contributed by atoms with Crippen molar-refractivity contribution >= 4 is 41.0 Å². The third kappa shape index (κ3) is 3.77. The second-order valence-electron chi connectivity index (χ2n) is 4.16. The Labute approximate surface area is 120 Å². The van der Waals surface area contributed by atoms with Crippen molar-refractivity contribution in [1.82, 2.24) is 4.98 Å². The first-order valence-electron chi connectivity index (χ1n) is 6.10. The summed E-state index contributed by atoms with van der Waals surface area (Å²) in [6.07, 6.45) is 5.26. The Kier molecular flexibility index (Phi) is 5.35. The highest BCUT2D eigenvalue weighted by molar-refractivity contribution is 8.00. The molecule has 1 aromatic rings. The SMILES string of the molecule is C/N=C\c1sc(SC)nc1NC(=O)C1CCOCC1. The van der Waals surface area contributed by atoms with Crippen LogP contribution >= 0.6 is 23.1 Å². The summed E-state index contributed by atoms with van der Waals surface area (Å²) < 4.78 is 6.19. The highest BCUT2D eigenvalue weighted by Crippen LogP contribution is 2.28. The maximum atomic E-state index is 12.2. The average molecular weight is 299 g/mol. The predicted octanol–water partition coefficient (Wildman–Crippen LogP) is 2.28. The Morgan fingerprint density at radius 2 is 2.32 bits per heavy atom. The molecule has 5 nitrogen and oxygen atoms in total. The van der Waals surface area contributed by atoms with Gasteiger partial charge in [-0.2, -0.15) is 0 Å². The second-order valence-corrected chi connectivity index (χ2v) is 6.24. The van der Waals surface area contributed by atoms with Gasteiger partial charge in [0.1, 0.15) is 0 Å². The topological polar surface area (TPSA) is 63.6 Å². The minimum absolute atomic E-state index is 0.0274. The Balaban J connectivity index is 2.08. The van der Waals surface area contributed by atoms with E-state index in [9.17, 15) is 4.79 Å². The van der Waals surface area contributed by atoms with Gasteiger partial charge in [-0.05, 0) is 19.1 Å². The smallest absolute Gasteiger partial charge is 0.228 e. The van der Waals surface area contributed by atoms with Crippen molar-refractivity contribution in [2.75, 3.05) is 31.8 Å². The molecule has 0 radical (unpaired) electrons. The zero-order valence-corrected chi connectivity index (χ0v) is 12.6. The summed E-state index contributed by atoms with van der Waals surface area (Å²) in [5, 5.41) is 2.92. The van der Waals surface area contributed by atoms with Crippen molar-refractivity contribution in [3.63, 3.8) is 0 Å². The zero-order chi connectivity index (χ0) is 13.7. The molecule has 1 fully saturated rings. The number of anilines is 1. The van der Waals surface area contributed by atoms with Crippen LogP contribution in [-0.2, 0) is 9.53 Å². The lowest BCUT2D eigenvalue weighted by Gasteiger charge is -2.20. The van der Waals surface area contributed by atoms with Gasteiger partial charge in [0.2, 0.25) is 5.91 Å². The van der Waals surface area contributed by atoms with E-state index in [-0.39, 0.29) is 11.8 Å². The van der Waals surface area contributed by atoms with Gasteiger partial charge in [-0.1, -0.05) is 11.8 Å². The van der Waals surface area contributed by atoms with Crippen LogP contribution in [0, 0.1) is 5.92 Å². The lowest BCUT2D eigenvalue weighted by Crippen LogP contribution is -2.28. The molecule has 2 rings (SSSR count). The molecular weight excluding hydrogens is 282 g/mol. The average Bonchev–Trinajstić information content (AvgIpc) is 2.82. The molecule has 1 amide bonds. The first kappa shape index (κ1) is 14.5. The number of nitrogens with zero attached hydrogens (tertiary/aromatic N) is 2. The molecule has 0 aliphatic carbocycles. The van der Waals surface area contributed by atoms with E-state index in [0.717, 1.165) is 22.1 Å². The van der Waals surface area contributed by atoms with Crippen LogP contribution in [0.3, 0.4) is 0 Å². The second kappa shape index (κ2) is 7.02. The molecule has 19 heavy (non-hydrogen) atoms. The maximum absolute atomic E-state index is 12.2. The van der Waals surface area contributed by atoms with E-state index in [1.807, 2.05) is 6.26 Å². The molecule has 1 N–H and O–H groups in total. The minimum atomic E-state index is 0.0274. The molecule has 104 valence electrons. The maximum Gasteiger partial charge on any atom is 0.228 e. The Morgan fingerprint density at radius 3 is 2.95 bits per heavy atom. The fourth-order valence-corrected chi connectivity index (χ4v) is 3.33. The number of hydrogen-bond acceptors (Lipinski definition) is 6. The van der Waals surface area contributed by atoms with Gasteiger partial charge in [-0.25, -0.2) is 4.98 Å². The molecule has 0 aromatic carbocycles. The van der Waals surface area contributed by atoms with E-state index in [2.05, 4.69) is 15.3 Å². The van der Waals surface area contributed by atoms with E-state index in [0.29, 0.717) is 19.0 Å². The fourth-order valence-electron chi connectivity index (χ4n) is 1.87. The van der Waals surface area contributed by atoms with Crippen LogP contribution in [0.4, 0.5) is 5.82 Å². The first-order chi connectivity index (χ1) is 9.24. The van der Waals surface area contributed by atoms with Gasteiger partial charge in [-0.15, -0.1) is 11.3 Å². The molecule has 0 saturated carbocycles. The number of hydrogen-bond donors (Lipinski definition) is 1. The lowest BCUT2D eigenvalue weighted by atomic mass is 9.99. The highest BCUT2D eigenvalue weighted by atomic mass is 32.2. The molecule has 2 heterocycles. The first-order valence-corrected chi connectivity index (χ1v) is 8.14. The molecule has 0 unspecified atom stereocenters. The third-order valence-corrected chi connectivity index (χ3v) is 4.86. The van der Waals surface area contributed by atoms with E-state index in [4.69, 9.17) is 4.74 Å². The van der Waals surface area contributed by atoms with Crippen molar-refractivity contribution in [2.45, 2.75) is 17.2 Å². The van der Waals surface area contributed by atoms with Crippen molar-refractivity contribution in [3.05, 3.63) is 4.88 Å². The van der Waals surface area contributed by atoms with E-state index < -0.39 is 0 Å². The Morgan fingerprint density at radius 1 is 1.58 bits per heavy atom. The van der Waals surface area contributed by atoms with Crippen LogP contribution in [0.15, 0.2) is 9.33 Å². The van der Waals surface area contributed by atoms with Crippen LogP contribution in [0.2, 0.25) is 0 Å². The van der Waals surface area contributed by atoms with E-state index in [1.165, 1.54) is 11.3 Å². The monoisotopic (exact) mass is 299 g/mol. The Bertz CT molecular complexity index is 468. The lowest BCUT2D eigenvalue weighted by molar-refractivity contribution is -0.122. The van der Waals surface area contributed by atoms with Gasteiger partial charge in [0, 0.05) is 32.4 Å². The standard InChI is InChI=1S/C12H17N3O2S2/c1-13-7-9-10(15-12(18-2)19-9)14-11(16)8-3-5-17-6-4-8/h7-8H,3-6H2,1-2H3,(H,14,16)/b13-7-. The van der Waals surface area contributed by atoms with Crippen LogP contribution in [0.25, 0.3) is 0 Å². The number of thioether (sulfide) groups is 1. The van der Waals surface area contributed by atoms with Gasteiger partial charge in [0.05, 0.1) is 4.88 Å². The summed E-state index contributed by atoms with van der Waals surface area (Å²) >= 11 is 3.10. The number of aromatic nitrogens is 1. The molecule has 1 saturated heterocycles. The number of nitrogens with one attached hydrogen (secondary N) is 1. The molecule has 1 aliphatic rings. The van der Waals surface area contributed by atoms with E-state index >= 15 is 0 Å². The van der Waals surface area contributed by atoms with Crippen molar-refractivity contribution in [2.24, 2.45) is 10.9 Å². The van der Waals surface area contributed by atoms with Gasteiger partial charge in [0.15, 0.2) is 10.2 Å². The van der Waals surface area contributed by atoms with Gasteiger partial charge in [0.25, 0.3) is 0 Å². The molecule has 1 aromatic heterocycles. The largest absolute Gasteiger partial charge is 0.381 e. The minimum Gasteiger partial charge on any atom is -0.381 e. The number of rotatable bonds is 4. The van der Waals surface area contributed by atoms with Crippen molar-refractivity contribution in [3.8, 4) is 0 Å². The van der Waals surface area contributed by atoms with E-state index in [1.54, 1.807) is 25.0 Å². The molecule has 0 bridgehead atoms. The Hall–Kier alpha value is -0.920. The summed E-state index contributed by atoms with van der Waals surface area (Å²) in [4.78, 5) is 21.5. The summed E-state index contributed by atoms with van der Waals surface area (Å²) in [7, 11) is 1.71. The van der Waals surface area contributed by atoms with Crippen LogP contribution in [0.5, 0.6) is 0 Å². The normalized spacial score (nSPS) is 16.9. The summed E-state index contributed by atoms with van der Waals surface area (Å²) in [6.45, 7) is 1.32. The summed E-state index contributed by atoms with van der Waals surface area (Å²) in [6, 6.07) is 0. The third-order valence-electron chi connectivity index (χ3n) is 2.89. The molecule has 7 heteroatoms. The summed E-state index contributed by atoms with van der Waals surface area (Å²) in [5.41, 5.74) is 0. The predicted molar refractivity (Wildman–Crippen MR) is 79.6 cm³/mol. The van der Waals surface area contributed by atoms with Crippen molar-refractivity contribution < 1.29 is 9.53 Å². The van der Waals surface area contributed by atoms with Crippen molar-refractivity contribution in [1.29, 1.82) is 0 Å². The molecule has 0 spiro atoms. The zero-order valence-electron chi connectivity index (χ0n) is 11.0. The molecule has 1 aliphatic heterocycles. The van der Waals surface area contributed by atoms with Gasteiger partial charge < -0.3 is 10.1 Å². The van der Waals surface area contributed by atoms with Gasteiger partial charge in [-0.3, -0.25) is 9.79 Å². The van der Waals surface area contributed by atoms with Crippen LogP contribution in [-0.4, -0.2) is 43.6 Å². The quantitative estimate of drug-likeness (QED) is 0.684.